The molecule has 2 heterocycles. The number of aryl methyl sites for hydroxylation is 1. The first kappa shape index (κ1) is 10.3. The predicted molar refractivity (Wildman–Crippen MR) is 67.0 cm³/mol. The molecule has 0 amide bonds. The van der Waals surface area contributed by atoms with Gasteiger partial charge in [0.25, 0.3) is 0 Å². The first-order chi connectivity index (χ1) is 8.22. The minimum atomic E-state index is 0.409. The van der Waals surface area contributed by atoms with Crippen LogP contribution in [0.2, 0.25) is 5.15 Å². The molecule has 0 unspecified atom stereocenters. The summed E-state index contributed by atoms with van der Waals surface area (Å²) in [5, 5.41) is 1.45. The van der Waals surface area contributed by atoms with Gasteiger partial charge < -0.3 is 4.42 Å². The largest absolute Gasteiger partial charge is 0.453 e. The quantitative estimate of drug-likeness (QED) is 0.611. The first-order valence-corrected chi connectivity index (χ1v) is 5.59. The minimum Gasteiger partial charge on any atom is -0.453 e. The number of halogens is 1. The number of hydrogen-bond donors (Lipinski definition) is 0. The summed E-state index contributed by atoms with van der Waals surface area (Å²) in [7, 11) is 0. The van der Waals surface area contributed by atoms with Crippen molar-refractivity contribution in [1.29, 1.82) is 0 Å². The molecule has 17 heavy (non-hydrogen) atoms. The Morgan fingerprint density at radius 2 is 2.06 bits per heavy atom. The lowest BCUT2D eigenvalue weighted by molar-refractivity contribution is 0.625. The highest BCUT2D eigenvalue weighted by atomic mass is 35.5. The van der Waals surface area contributed by atoms with E-state index < -0.39 is 0 Å². The smallest absolute Gasteiger partial charge is 0.197 e. The molecule has 0 aliphatic carbocycles. The van der Waals surface area contributed by atoms with Gasteiger partial charge in [-0.05, 0) is 30.7 Å². The zero-order valence-corrected chi connectivity index (χ0v) is 9.90. The van der Waals surface area contributed by atoms with E-state index in [9.17, 15) is 0 Å². The third kappa shape index (κ3) is 1.89. The second-order valence-electron chi connectivity index (χ2n) is 3.85. The highest BCUT2D eigenvalue weighted by molar-refractivity contribution is 6.29. The Bertz CT molecular complexity index is 691. The Morgan fingerprint density at radius 3 is 2.88 bits per heavy atom. The SMILES string of the molecule is Cc1ccc2cc(-c3nccc(Cl)n3)oc2c1. The second-order valence-corrected chi connectivity index (χ2v) is 4.24. The number of aromatic nitrogens is 2. The van der Waals surface area contributed by atoms with Gasteiger partial charge in [0.15, 0.2) is 11.6 Å². The summed E-state index contributed by atoms with van der Waals surface area (Å²) in [5.41, 5.74) is 1.99. The van der Waals surface area contributed by atoms with E-state index in [1.165, 1.54) is 0 Å². The van der Waals surface area contributed by atoms with Crippen LogP contribution >= 0.6 is 11.6 Å². The van der Waals surface area contributed by atoms with Crippen LogP contribution in [0.3, 0.4) is 0 Å². The van der Waals surface area contributed by atoms with E-state index in [2.05, 4.69) is 9.97 Å². The maximum absolute atomic E-state index is 5.83. The molecular formula is C13H9ClN2O. The minimum absolute atomic E-state index is 0.409. The molecule has 4 heteroatoms. The Balaban J connectivity index is 2.18. The van der Waals surface area contributed by atoms with Crippen molar-refractivity contribution in [2.75, 3.05) is 0 Å². The topological polar surface area (TPSA) is 38.9 Å². The summed E-state index contributed by atoms with van der Waals surface area (Å²) >= 11 is 5.83. The molecule has 0 N–H and O–H groups in total. The molecular weight excluding hydrogens is 236 g/mol. The van der Waals surface area contributed by atoms with Crippen LogP contribution in [0.1, 0.15) is 5.56 Å². The Morgan fingerprint density at radius 1 is 1.18 bits per heavy atom. The Hall–Kier alpha value is -1.87. The molecule has 0 aliphatic rings. The normalized spacial score (nSPS) is 10.9. The zero-order valence-electron chi connectivity index (χ0n) is 9.14. The van der Waals surface area contributed by atoms with Gasteiger partial charge in [0.2, 0.25) is 0 Å². The fraction of sp³-hybridized carbons (Fsp3) is 0.0769. The highest BCUT2D eigenvalue weighted by Gasteiger charge is 2.09. The predicted octanol–water partition coefficient (Wildman–Crippen LogP) is 3.85. The van der Waals surface area contributed by atoms with E-state index in [0.717, 1.165) is 16.5 Å². The molecule has 1 aromatic carbocycles. The van der Waals surface area contributed by atoms with Crippen LogP contribution in [0, 0.1) is 6.92 Å². The van der Waals surface area contributed by atoms with E-state index in [1.54, 1.807) is 12.3 Å². The van der Waals surface area contributed by atoms with Crippen LogP contribution in [0.4, 0.5) is 0 Å². The van der Waals surface area contributed by atoms with Gasteiger partial charge in [-0.3, -0.25) is 0 Å². The molecule has 0 aliphatic heterocycles. The zero-order chi connectivity index (χ0) is 11.8. The number of hydrogen-bond acceptors (Lipinski definition) is 3. The summed E-state index contributed by atoms with van der Waals surface area (Å²) in [6.07, 6.45) is 1.61. The van der Waals surface area contributed by atoms with Crippen LogP contribution < -0.4 is 0 Å². The summed E-state index contributed by atoms with van der Waals surface area (Å²) < 4.78 is 5.71. The van der Waals surface area contributed by atoms with E-state index in [1.807, 2.05) is 31.2 Å². The van der Waals surface area contributed by atoms with E-state index in [4.69, 9.17) is 16.0 Å². The van der Waals surface area contributed by atoms with Gasteiger partial charge >= 0.3 is 0 Å². The second kappa shape index (κ2) is 3.86. The van der Waals surface area contributed by atoms with Crippen LogP contribution in [-0.4, -0.2) is 9.97 Å². The van der Waals surface area contributed by atoms with Crippen LogP contribution in [0.5, 0.6) is 0 Å². The number of benzene rings is 1. The lowest BCUT2D eigenvalue weighted by atomic mass is 10.2. The lowest BCUT2D eigenvalue weighted by Gasteiger charge is -1.94. The summed E-state index contributed by atoms with van der Waals surface area (Å²) in [6.45, 7) is 2.03. The van der Waals surface area contributed by atoms with Gasteiger partial charge in [-0.15, -0.1) is 0 Å². The Labute approximate surface area is 103 Å². The number of rotatable bonds is 1. The first-order valence-electron chi connectivity index (χ1n) is 5.21. The molecule has 0 fully saturated rings. The van der Waals surface area contributed by atoms with Gasteiger partial charge in [-0.2, -0.15) is 0 Å². The number of nitrogens with zero attached hydrogens (tertiary/aromatic N) is 2. The molecule has 0 saturated carbocycles. The summed E-state index contributed by atoms with van der Waals surface area (Å²) in [6, 6.07) is 9.60. The standard InChI is InChI=1S/C13H9ClN2O/c1-8-2-3-9-7-11(17-10(9)6-8)13-15-5-4-12(14)16-13/h2-7H,1H3. The highest BCUT2D eigenvalue weighted by Crippen LogP contribution is 2.26. The molecule has 0 bridgehead atoms. The number of fused-ring (bicyclic) bond motifs is 1. The number of furan rings is 1. The molecule has 0 atom stereocenters. The monoisotopic (exact) mass is 244 g/mol. The van der Waals surface area contributed by atoms with Gasteiger partial charge in [-0.25, -0.2) is 9.97 Å². The van der Waals surface area contributed by atoms with Crippen molar-refractivity contribution >= 4 is 22.6 Å². The average Bonchev–Trinajstić information content (AvgIpc) is 2.72. The van der Waals surface area contributed by atoms with Crippen LogP contribution in [-0.2, 0) is 0 Å². The van der Waals surface area contributed by atoms with Crippen LogP contribution in [0.15, 0.2) is 40.9 Å². The van der Waals surface area contributed by atoms with Gasteiger partial charge in [0, 0.05) is 11.6 Å². The van der Waals surface area contributed by atoms with Crippen molar-refractivity contribution in [3.63, 3.8) is 0 Å². The average molecular weight is 245 g/mol. The molecule has 0 radical (unpaired) electrons. The van der Waals surface area contributed by atoms with Crippen molar-refractivity contribution in [2.45, 2.75) is 6.92 Å². The van der Waals surface area contributed by atoms with Crippen LogP contribution in [0.25, 0.3) is 22.6 Å². The van der Waals surface area contributed by atoms with Gasteiger partial charge in [0.05, 0.1) is 0 Å². The van der Waals surface area contributed by atoms with Crippen molar-refractivity contribution < 1.29 is 4.42 Å². The summed E-state index contributed by atoms with van der Waals surface area (Å²) in [4.78, 5) is 8.26. The molecule has 3 aromatic rings. The van der Waals surface area contributed by atoms with Crippen molar-refractivity contribution in [1.82, 2.24) is 9.97 Å². The molecule has 3 nitrogen and oxygen atoms in total. The maximum atomic E-state index is 5.83. The van der Waals surface area contributed by atoms with E-state index in [-0.39, 0.29) is 0 Å². The van der Waals surface area contributed by atoms with E-state index in [0.29, 0.717) is 16.7 Å². The third-order valence-electron chi connectivity index (χ3n) is 2.52. The maximum Gasteiger partial charge on any atom is 0.197 e. The molecule has 3 rings (SSSR count). The van der Waals surface area contributed by atoms with Crippen molar-refractivity contribution in [3.8, 4) is 11.6 Å². The fourth-order valence-corrected chi connectivity index (χ4v) is 1.84. The Kier molecular flexibility index (Phi) is 2.34. The van der Waals surface area contributed by atoms with Gasteiger partial charge in [-0.1, -0.05) is 23.7 Å². The molecule has 0 spiro atoms. The molecule has 84 valence electrons. The lowest BCUT2D eigenvalue weighted by Crippen LogP contribution is -1.85. The van der Waals surface area contributed by atoms with Crippen molar-refractivity contribution in [3.05, 3.63) is 47.2 Å². The van der Waals surface area contributed by atoms with Gasteiger partial charge in [0.1, 0.15) is 10.7 Å². The molecule has 2 aromatic heterocycles. The molecule has 0 saturated heterocycles. The third-order valence-corrected chi connectivity index (χ3v) is 2.73. The fourth-order valence-electron chi connectivity index (χ4n) is 1.70. The van der Waals surface area contributed by atoms with E-state index >= 15 is 0 Å². The summed E-state index contributed by atoms with van der Waals surface area (Å²) in [5.74, 6) is 1.14. The van der Waals surface area contributed by atoms with Crippen molar-refractivity contribution in [2.24, 2.45) is 0 Å².